The van der Waals surface area contributed by atoms with Gasteiger partial charge >= 0.3 is 0 Å². The number of guanidine groups is 1. The van der Waals surface area contributed by atoms with Crippen LogP contribution in [0, 0.1) is 0 Å². The number of methoxy groups -OCH3 is 1. The molecule has 1 aliphatic heterocycles. The summed E-state index contributed by atoms with van der Waals surface area (Å²) in [6.45, 7) is 3.87. The first-order valence-electron chi connectivity index (χ1n) is 10.0. The van der Waals surface area contributed by atoms with Crippen LogP contribution < -0.4 is 15.4 Å². The first kappa shape index (κ1) is 20.1. The maximum atomic E-state index is 5.43. The molecular weight excluding hydrogens is 350 g/mol. The molecule has 0 saturated carbocycles. The molecule has 0 radical (unpaired) electrons. The van der Waals surface area contributed by atoms with Gasteiger partial charge in [-0.05, 0) is 55.8 Å². The summed E-state index contributed by atoms with van der Waals surface area (Å²) in [4.78, 5) is 11.3. The Morgan fingerprint density at radius 2 is 2.04 bits per heavy atom. The lowest BCUT2D eigenvalue weighted by atomic mass is 10.1. The van der Waals surface area contributed by atoms with Crippen LogP contribution in [-0.2, 0) is 6.42 Å². The van der Waals surface area contributed by atoms with Gasteiger partial charge in [0.25, 0.3) is 0 Å². The second-order valence-electron chi connectivity index (χ2n) is 6.99. The van der Waals surface area contributed by atoms with Crippen molar-refractivity contribution in [3.05, 3.63) is 59.9 Å². The van der Waals surface area contributed by atoms with Gasteiger partial charge in [0.1, 0.15) is 5.75 Å². The van der Waals surface area contributed by atoms with E-state index < -0.39 is 0 Å². The Morgan fingerprint density at radius 3 is 2.75 bits per heavy atom. The van der Waals surface area contributed by atoms with Crippen molar-refractivity contribution in [1.29, 1.82) is 0 Å². The number of likely N-dealkylation sites (tertiary alicyclic amines) is 1. The highest BCUT2D eigenvalue weighted by molar-refractivity contribution is 5.79. The lowest BCUT2D eigenvalue weighted by Gasteiger charge is -2.29. The van der Waals surface area contributed by atoms with Crippen LogP contribution in [0.15, 0.2) is 53.7 Å². The monoisotopic (exact) mass is 381 g/mol. The molecule has 6 nitrogen and oxygen atoms in total. The Kier molecular flexibility index (Phi) is 7.67. The molecule has 0 aliphatic carbocycles. The number of aromatic nitrogens is 1. The molecule has 0 spiro atoms. The first-order valence-corrected chi connectivity index (χ1v) is 10.0. The number of nitrogens with one attached hydrogen (secondary N) is 2. The van der Waals surface area contributed by atoms with Crippen molar-refractivity contribution in [2.24, 2.45) is 4.99 Å². The van der Waals surface area contributed by atoms with Crippen molar-refractivity contribution in [3.8, 4) is 5.75 Å². The molecular formula is C22H31N5O. The van der Waals surface area contributed by atoms with Crippen molar-refractivity contribution < 1.29 is 4.74 Å². The Labute approximate surface area is 168 Å². The van der Waals surface area contributed by atoms with E-state index in [0.717, 1.165) is 50.0 Å². The second-order valence-corrected chi connectivity index (χ2v) is 6.99. The third-order valence-electron chi connectivity index (χ3n) is 5.15. The number of nitrogens with zero attached hydrogens (tertiary/aromatic N) is 3. The van der Waals surface area contributed by atoms with Crippen LogP contribution in [-0.4, -0.2) is 56.2 Å². The predicted octanol–water partition coefficient (Wildman–Crippen LogP) is 2.63. The van der Waals surface area contributed by atoms with Crippen LogP contribution in [0.3, 0.4) is 0 Å². The molecule has 1 aliphatic rings. The van der Waals surface area contributed by atoms with E-state index in [4.69, 9.17) is 4.74 Å². The zero-order valence-electron chi connectivity index (χ0n) is 16.9. The summed E-state index contributed by atoms with van der Waals surface area (Å²) in [6.07, 6.45) is 5.22. The average Bonchev–Trinajstić information content (AvgIpc) is 3.28. The third-order valence-corrected chi connectivity index (χ3v) is 5.15. The van der Waals surface area contributed by atoms with Gasteiger partial charge < -0.3 is 15.4 Å². The van der Waals surface area contributed by atoms with Crippen LogP contribution in [0.5, 0.6) is 5.75 Å². The van der Waals surface area contributed by atoms with E-state index >= 15 is 0 Å². The normalized spacial score (nSPS) is 16.0. The molecule has 3 rings (SSSR count). The van der Waals surface area contributed by atoms with Crippen molar-refractivity contribution >= 4 is 5.96 Å². The first-order chi connectivity index (χ1) is 13.8. The molecule has 2 N–H and O–H groups in total. The Balaban J connectivity index is 1.58. The number of benzene rings is 1. The fourth-order valence-electron chi connectivity index (χ4n) is 3.63. The number of aliphatic imine (C=N–C) groups is 1. The number of hydrogen-bond acceptors (Lipinski definition) is 4. The SMILES string of the molecule is CN=C(NCCc1ccccn1)NCC(c1cccc(OC)c1)N1CCCC1. The van der Waals surface area contributed by atoms with Gasteiger partial charge in [-0.25, -0.2) is 0 Å². The predicted molar refractivity (Wildman–Crippen MR) is 114 cm³/mol. The molecule has 2 heterocycles. The maximum absolute atomic E-state index is 5.43. The quantitative estimate of drug-likeness (QED) is 0.544. The van der Waals surface area contributed by atoms with Gasteiger partial charge in [-0.2, -0.15) is 0 Å². The smallest absolute Gasteiger partial charge is 0.191 e. The lowest BCUT2D eigenvalue weighted by molar-refractivity contribution is 0.245. The largest absolute Gasteiger partial charge is 0.497 e. The van der Waals surface area contributed by atoms with Crippen LogP contribution >= 0.6 is 0 Å². The van der Waals surface area contributed by atoms with E-state index in [1.807, 2.05) is 37.5 Å². The van der Waals surface area contributed by atoms with Crippen molar-refractivity contribution in [2.75, 3.05) is 40.3 Å². The van der Waals surface area contributed by atoms with E-state index in [9.17, 15) is 0 Å². The highest BCUT2D eigenvalue weighted by Crippen LogP contribution is 2.27. The maximum Gasteiger partial charge on any atom is 0.191 e. The third kappa shape index (κ3) is 5.70. The topological polar surface area (TPSA) is 61.8 Å². The molecule has 1 fully saturated rings. The number of hydrogen-bond donors (Lipinski definition) is 2. The zero-order valence-corrected chi connectivity index (χ0v) is 16.9. The minimum Gasteiger partial charge on any atom is -0.497 e. The molecule has 28 heavy (non-hydrogen) atoms. The summed E-state index contributed by atoms with van der Waals surface area (Å²) < 4.78 is 5.43. The van der Waals surface area contributed by atoms with Gasteiger partial charge in [-0.15, -0.1) is 0 Å². The number of ether oxygens (including phenoxy) is 1. The molecule has 0 amide bonds. The molecule has 1 aromatic carbocycles. The summed E-state index contributed by atoms with van der Waals surface area (Å²) in [6, 6.07) is 14.7. The fraction of sp³-hybridized carbons (Fsp3) is 0.455. The molecule has 1 aromatic heterocycles. The zero-order chi connectivity index (χ0) is 19.6. The molecule has 2 aromatic rings. The fourth-order valence-corrected chi connectivity index (χ4v) is 3.63. The number of pyridine rings is 1. The minimum atomic E-state index is 0.298. The van der Waals surface area contributed by atoms with Crippen LogP contribution in [0.4, 0.5) is 0 Å². The van der Waals surface area contributed by atoms with Gasteiger partial charge in [-0.1, -0.05) is 18.2 Å². The summed E-state index contributed by atoms with van der Waals surface area (Å²) in [5, 5.41) is 6.90. The van der Waals surface area contributed by atoms with Crippen LogP contribution in [0.2, 0.25) is 0 Å². The Bertz CT molecular complexity index is 744. The molecule has 6 heteroatoms. The van der Waals surface area contributed by atoms with E-state index in [1.54, 1.807) is 7.11 Å². The second kappa shape index (κ2) is 10.7. The van der Waals surface area contributed by atoms with Gasteiger partial charge in [0, 0.05) is 38.4 Å². The van der Waals surface area contributed by atoms with Crippen molar-refractivity contribution in [2.45, 2.75) is 25.3 Å². The molecule has 0 bridgehead atoms. The molecule has 150 valence electrons. The summed E-state index contributed by atoms with van der Waals surface area (Å²) in [5.74, 6) is 1.72. The van der Waals surface area contributed by atoms with Crippen LogP contribution in [0.25, 0.3) is 0 Å². The Hall–Kier alpha value is -2.60. The van der Waals surface area contributed by atoms with E-state index in [2.05, 4.69) is 43.7 Å². The summed E-state index contributed by atoms with van der Waals surface area (Å²) >= 11 is 0. The summed E-state index contributed by atoms with van der Waals surface area (Å²) in [5.41, 5.74) is 2.36. The van der Waals surface area contributed by atoms with E-state index in [1.165, 1.54) is 18.4 Å². The minimum absolute atomic E-state index is 0.298. The Morgan fingerprint density at radius 1 is 1.18 bits per heavy atom. The van der Waals surface area contributed by atoms with E-state index in [0.29, 0.717) is 6.04 Å². The number of rotatable bonds is 8. The van der Waals surface area contributed by atoms with Gasteiger partial charge in [-0.3, -0.25) is 14.9 Å². The van der Waals surface area contributed by atoms with Crippen molar-refractivity contribution in [1.82, 2.24) is 20.5 Å². The highest BCUT2D eigenvalue weighted by Gasteiger charge is 2.24. The van der Waals surface area contributed by atoms with E-state index in [-0.39, 0.29) is 0 Å². The highest BCUT2D eigenvalue weighted by atomic mass is 16.5. The van der Waals surface area contributed by atoms with Crippen molar-refractivity contribution in [3.63, 3.8) is 0 Å². The molecule has 1 unspecified atom stereocenters. The van der Waals surface area contributed by atoms with Gasteiger partial charge in [0.05, 0.1) is 13.2 Å². The molecule has 1 atom stereocenters. The van der Waals surface area contributed by atoms with Gasteiger partial charge in [0.2, 0.25) is 0 Å². The van der Waals surface area contributed by atoms with Gasteiger partial charge in [0.15, 0.2) is 5.96 Å². The molecule has 1 saturated heterocycles. The standard InChI is InChI=1S/C22H31N5O/c1-23-22(25-13-11-19-9-3-4-12-24-19)26-17-21(27-14-5-6-15-27)18-8-7-10-20(16-18)28-2/h3-4,7-10,12,16,21H,5-6,11,13-15,17H2,1-2H3,(H2,23,25,26). The average molecular weight is 382 g/mol. The van der Waals surface area contributed by atoms with Crippen LogP contribution in [0.1, 0.15) is 30.1 Å². The summed E-state index contributed by atoms with van der Waals surface area (Å²) in [7, 11) is 3.53. The lowest BCUT2D eigenvalue weighted by Crippen LogP contribution is -2.43.